The number of thioether (sulfide) groups is 1. The quantitative estimate of drug-likeness (QED) is 0.871. The molecule has 5 heteroatoms. The largest absolute Gasteiger partial charge is 0.336 e. The minimum Gasteiger partial charge on any atom is -0.336 e. The molecule has 1 aliphatic rings. The topological polar surface area (TPSA) is 46.1 Å². The average Bonchev–Trinajstić information content (AvgIpc) is 2.80. The Morgan fingerprint density at radius 2 is 2.14 bits per heavy atom. The number of carbonyl (C=O) groups is 1. The van der Waals surface area contributed by atoms with Gasteiger partial charge in [0.25, 0.3) is 5.91 Å². The van der Waals surface area contributed by atoms with E-state index in [1.165, 1.54) is 12.8 Å². The van der Waals surface area contributed by atoms with Crippen molar-refractivity contribution in [1.82, 2.24) is 14.9 Å². The molecule has 1 amide bonds. The minimum atomic E-state index is 0.0156. The van der Waals surface area contributed by atoms with Crippen molar-refractivity contribution in [1.29, 1.82) is 0 Å². The Balaban J connectivity index is 1.81. The van der Waals surface area contributed by atoms with Gasteiger partial charge in [-0.05, 0) is 30.7 Å². The van der Waals surface area contributed by atoms with E-state index in [1.54, 1.807) is 6.20 Å². The van der Waals surface area contributed by atoms with Crippen LogP contribution >= 0.6 is 11.8 Å². The zero-order chi connectivity index (χ0) is 15.4. The molecule has 1 aliphatic heterocycles. The summed E-state index contributed by atoms with van der Waals surface area (Å²) in [6.07, 6.45) is 5.08. The van der Waals surface area contributed by atoms with Crippen LogP contribution in [0.4, 0.5) is 0 Å². The average molecular weight is 315 g/mol. The molecule has 1 saturated heterocycles. The summed E-state index contributed by atoms with van der Waals surface area (Å²) in [4.78, 5) is 23.6. The van der Waals surface area contributed by atoms with Crippen molar-refractivity contribution in [2.24, 2.45) is 0 Å². The number of nitrogens with zero attached hydrogens (tertiary/aromatic N) is 3. The smallest absolute Gasteiger partial charge is 0.274 e. The summed E-state index contributed by atoms with van der Waals surface area (Å²) >= 11 is 1.95. The third-order valence-electron chi connectivity index (χ3n) is 3.99. The van der Waals surface area contributed by atoms with Crippen LogP contribution in [0.25, 0.3) is 11.0 Å². The fourth-order valence-electron chi connectivity index (χ4n) is 2.88. The van der Waals surface area contributed by atoms with E-state index in [-0.39, 0.29) is 5.91 Å². The molecular weight excluding hydrogens is 294 g/mol. The summed E-state index contributed by atoms with van der Waals surface area (Å²) in [7, 11) is 0. The van der Waals surface area contributed by atoms with Crippen molar-refractivity contribution < 1.29 is 4.79 Å². The minimum absolute atomic E-state index is 0.0156. The molecule has 2 heterocycles. The number of hydrogen-bond donors (Lipinski definition) is 0. The van der Waals surface area contributed by atoms with Crippen molar-refractivity contribution in [3.05, 3.63) is 36.2 Å². The summed E-state index contributed by atoms with van der Waals surface area (Å²) in [6, 6.07) is 7.67. The van der Waals surface area contributed by atoms with Crippen molar-refractivity contribution in [3.8, 4) is 0 Å². The Hall–Kier alpha value is -1.62. The van der Waals surface area contributed by atoms with Gasteiger partial charge in [0.2, 0.25) is 0 Å². The Kier molecular flexibility index (Phi) is 4.93. The first-order chi connectivity index (χ1) is 10.8. The fraction of sp³-hybridized carbons (Fsp3) is 0.471. The number of likely N-dealkylation sites (tertiary alicyclic amines) is 1. The van der Waals surface area contributed by atoms with E-state index in [2.05, 4.69) is 16.9 Å². The van der Waals surface area contributed by atoms with E-state index in [4.69, 9.17) is 0 Å². The third-order valence-corrected chi connectivity index (χ3v) is 5.17. The Bertz CT molecular complexity index is 661. The number of benzene rings is 1. The third kappa shape index (κ3) is 3.40. The standard InChI is InChI=1S/C17H21N3OS/c1-2-22-13-7-5-6-10-20(12-13)17(21)16-11-18-14-8-3-4-9-15(14)19-16/h3-4,8-9,11,13H,2,5-7,10,12H2,1H3/t13-/m1/s1. The van der Waals surface area contributed by atoms with Gasteiger partial charge in [-0.25, -0.2) is 4.98 Å². The number of carbonyl (C=O) groups excluding carboxylic acids is 1. The van der Waals surface area contributed by atoms with E-state index in [0.29, 0.717) is 10.9 Å². The lowest BCUT2D eigenvalue weighted by atomic mass is 10.2. The maximum atomic E-state index is 12.8. The molecule has 0 aliphatic carbocycles. The van der Waals surface area contributed by atoms with Crippen LogP contribution in [0.15, 0.2) is 30.5 Å². The summed E-state index contributed by atoms with van der Waals surface area (Å²) < 4.78 is 0. The van der Waals surface area contributed by atoms with Gasteiger partial charge in [0.05, 0.1) is 17.2 Å². The number of aromatic nitrogens is 2. The number of fused-ring (bicyclic) bond motifs is 1. The highest BCUT2D eigenvalue weighted by atomic mass is 32.2. The van der Waals surface area contributed by atoms with Crippen LogP contribution in [0.5, 0.6) is 0 Å². The normalized spacial score (nSPS) is 19.1. The number of rotatable bonds is 3. The number of amides is 1. The lowest BCUT2D eigenvalue weighted by Crippen LogP contribution is -2.36. The lowest BCUT2D eigenvalue weighted by molar-refractivity contribution is 0.0757. The maximum absolute atomic E-state index is 12.8. The second kappa shape index (κ2) is 7.09. The van der Waals surface area contributed by atoms with Crippen LogP contribution in [0.1, 0.15) is 36.7 Å². The number of hydrogen-bond acceptors (Lipinski definition) is 4. The molecule has 1 atom stereocenters. The Labute approximate surface area is 135 Å². The van der Waals surface area contributed by atoms with Gasteiger partial charge in [-0.2, -0.15) is 11.8 Å². The van der Waals surface area contributed by atoms with Gasteiger partial charge >= 0.3 is 0 Å². The molecule has 2 aromatic rings. The molecule has 1 fully saturated rings. The van der Waals surface area contributed by atoms with E-state index in [9.17, 15) is 4.79 Å². The van der Waals surface area contributed by atoms with Gasteiger partial charge in [0.1, 0.15) is 5.69 Å². The monoisotopic (exact) mass is 315 g/mol. The van der Waals surface area contributed by atoms with Gasteiger partial charge < -0.3 is 4.90 Å². The molecule has 1 aromatic heterocycles. The molecule has 0 spiro atoms. The van der Waals surface area contributed by atoms with Crippen LogP contribution in [-0.4, -0.2) is 44.9 Å². The highest BCUT2D eigenvalue weighted by molar-refractivity contribution is 7.99. The molecule has 0 saturated carbocycles. The molecular formula is C17H21N3OS. The zero-order valence-electron chi connectivity index (χ0n) is 12.9. The zero-order valence-corrected chi connectivity index (χ0v) is 13.7. The molecule has 0 bridgehead atoms. The fourth-order valence-corrected chi connectivity index (χ4v) is 3.97. The summed E-state index contributed by atoms with van der Waals surface area (Å²) in [5, 5.41) is 0.546. The highest BCUT2D eigenvalue weighted by Gasteiger charge is 2.24. The second-order valence-electron chi connectivity index (χ2n) is 5.57. The van der Waals surface area contributed by atoms with Gasteiger partial charge in [-0.3, -0.25) is 9.78 Å². The summed E-state index contributed by atoms with van der Waals surface area (Å²) in [5.41, 5.74) is 2.07. The van der Waals surface area contributed by atoms with Gasteiger partial charge in [0.15, 0.2) is 0 Å². The van der Waals surface area contributed by atoms with Crippen LogP contribution in [0, 0.1) is 0 Å². The Morgan fingerprint density at radius 3 is 2.95 bits per heavy atom. The van der Waals surface area contributed by atoms with Crippen molar-refractivity contribution in [3.63, 3.8) is 0 Å². The Morgan fingerprint density at radius 1 is 1.32 bits per heavy atom. The molecule has 0 radical (unpaired) electrons. The van der Waals surface area contributed by atoms with E-state index in [1.807, 2.05) is 40.9 Å². The highest BCUT2D eigenvalue weighted by Crippen LogP contribution is 2.23. The molecule has 3 rings (SSSR count). The molecule has 116 valence electrons. The van der Waals surface area contributed by atoms with Crippen LogP contribution in [0.2, 0.25) is 0 Å². The summed E-state index contributed by atoms with van der Waals surface area (Å²) in [6.45, 7) is 3.83. The van der Waals surface area contributed by atoms with E-state index >= 15 is 0 Å². The molecule has 1 aromatic carbocycles. The number of para-hydroxylation sites is 2. The molecule has 0 unspecified atom stereocenters. The van der Waals surface area contributed by atoms with E-state index in [0.717, 1.165) is 36.3 Å². The molecule has 0 N–H and O–H groups in total. The maximum Gasteiger partial charge on any atom is 0.274 e. The lowest BCUT2D eigenvalue weighted by Gasteiger charge is -2.23. The van der Waals surface area contributed by atoms with Gasteiger partial charge in [-0.1, -0.05) is 25.5 Å². The van der Waals surface area contributed by atoms with Crippen LogP contribution in [-0.2, 0) is 0 Å². The van der Waals surface area contributed by atoms with Crippen LogP contribution in [0.3, 0.4) is 0 Å². The van der Waals surface area contributed by atoms with E-state index < -0.39 is 0 Å². The van der Waals surface area contributed by atoms with Crippen molar-refractivity contribution in [2.75, 3.05) is 18.8 Å². The summed E-state index contributed by atoms with van der Waals surface area (Å²) in [5.74, 6) is 1.12. The molecule has 4 nitrogen and oxygen atoms in total. The van der Waals surface area contributed by atoms with Crippen LogP contribution < -0.4 is 0 Å². The first-order valence-electron chi connectivity index (χ1n) is 7.90. The predicted octanol–water partition coefficient (Wildman–Crippen LogP) is 3.38. The second-order valence-corrected chi connectivity index (χ2v) is 7.15. The molecule has 22 heavy (non-hydrogen) atoms. The van der Waals surface area contributed by atoms with Gasteiger partial charge in [0, 0.05) is 18.3 Å². The first-order valence-corrected chi connectivity index (χ1v) is 8.95. The first kappa shape index (κ1) is 15.3. The predicted molar refractivity (Wildman–Crippen MR) is 91.2 cm³/mol. The van der Waals surface area contributed by atoms with Gasteiger partial charge in [-0.15, -0.1) is 0 Å². The van der Waals surface area contributed by atoms with Crippen molar-refractivity contribution in [2.45, 2.75) is 31.4 Å². The van der Waals surface area contributed by atoms with Crippen molar-refractivity contribution >= 4 is 28.7 Å². The SMILES string of the molecule is CCS[C@@H]1CCCCN(C(=O)c2cnc3ccccc3n2)C1.